The quantitative estimate of drug-likeness (QED) is 0.662. The van der Waals surface area contributed by atoms with Gasteiger partial charge in [-0.2, -0.15) is 0 Å². The average Bonchev–Trinajstić information content (AvgIpc) is 2.31. The van der Waals surface area contributed by atoms with E-state index in [4.69, 9.17) is 10.8 Å². The Bertz CT molecular complexity index is 315. The Hall–Kier alpha value is -1.45. The number of rotatable bonds is 3. The minimum Gasteiger partial charge on any atom is -0.477 e. The van der Waals surface area contributed by atoms with Crippen LogP contribution in [0.5, 0.6) is 0 Å². The van der Waals surface area contributed by atoms with Crippen LogP contribution in [0.25, 0.3) is 0 Å². The molecule has 0 unspecified atom stereocenters. The predicted molar refractivity (Wildman–Crippen MR) is 50.7 cm³/mol. The Morgan fingerprint density at radius 2 is 2.31 bits per heavy atom. The van der Waals surface area contributed by atoms with Crippen molar-refractivity contribution >= 4 is 11.7 Å². The first-order chi connectivity index (χ1) is 6.00. The zero-order valence-corrected chi connectivity index (χ0v) is 7.79. The lowest BCUT2D eigenvalue weighted by Crippen LogP contribution is -1.99. The number of nitrogens with one attached hydrogen (secondary N) is 1. The van der Waals surface area contributed by atoms with Gasteiger partial charge in [-0.15, -0.1) is 0 Å². The van der Waals surface area contributed by atoms with Crippen LogP contribution in [0.15, 0.2) is 6.07 Å². The normalized spacial score (nSPS) is 10.7. The topological polar surface area (TPSA) is 79.1 Å². The maximum atomic E-state index is 10.6. The number of carboxylic acid groups (broad SMARTS) is 1. The van der Waals surface area contributed by atoms with Crippen molar-refractivity contribution in [2.75, 3.05) is 5.73 Å². The van der Waals surface area contributed by atoms with Gasteiger partial charge in [0.25, 0.3) is 0 Å². The van der Waals surface area contributed by atoms with Gasteiger partial charge >= 0.3 is 5.97 Å². The van der Waals surface area contributed by atoms with E-state index in [2.05, 4.69) is 18.8 Å². The summed E-state index contributed by atoms with van der Waals surface area (Å²) in [7, 11) is 0. The van der Waals surface area contributed by atoms with E-state index in [9.17, 15) is 4.79 Å². The van der Waals surface area contributed by atoms with E-state index in [0.717, 1.165) is 12.1 Å². The van der Waals surface area contributed by atoms with Gasteiger partial charge in [-0.05, 0) is 18.4 Å². The number of hydrogen-bond donors (Lipinski definition) is 3. The first-order valence-corrected chi connectivity index (χ1v) is 4.21. The summed E-state index contributed by atoms with van der Waals surface area (Å²) in [6.45, 7) is 4.11. The van der Waals surface area contributed by atoms with Gasteiger partial charge in [0.2, 0.25) is 0 Å². The molecular formula is C9H14N2O2. The summed E-state index contributed by atoms with van der Waals surface area (Å²) in [4.78, 5) is 13.4. The highest BCUT2D eigenvalue weighted by Gasteiger charge is 2.11. The molecule has 0 spiro atoms. The van der Waals surface area contributed by atoms with E-state index < -0.39 is 5.97 Å². The number of carbonyl (C=O) groups is 1. The molecule has 0 amide bonds. The fraction of sp³-hybridized carbons (Fsp3) is 0.444. The molecule has 0 aromatic carbocycles. The van der Waals surface area contributed by atoms with Crippen LogP contribution in [-0.4, -0.2) is 16.1 Å². The smallest absolute Gasteiger partial charge is 0.352 e. The third-order valence-electron chi connectivity index (χ3n) is 1.78. The van der Waals surface area contributed by atoms with Gasteiger partial charge in [0.05, 0.1) is 5.69 Å². The maximum Gasteiger partial charge on any atom is 0.352 e. The van der Waals surface area contributed by atoms with Crippen LogP contribution >= 0.6 is 0 Å². The molecule has 1 aromatic rings. The molecule has 1 heterocycles. The Balaban J connectivity index is 2.90. The minimum atomic E-state index is -0.971. The summed E-state index contributed by atoms with van der Waals surface area (Å²) >= 11 is 0. The molecule has 0 atom stereocenters. The fourth-order valence-electron chi connectivity index (χ4n) is 1.21. The molecule has 0 fully saturated rings. The highest BCUT2D eigenvalue weighted by atomic mass is 16.4. The third-order valence-corrected chi connectivity index (χ3v) is 1.78. The second-order valence-corrected chi connectivity index (χ2v) is 3.52. The molecule has 4 nitrogen and oxygen atoms in total. The molecule has 0 aliphatic heterocycles. The fourth-order valence-corrected chi connectivity index (χ4v) is 1.21. The van der Waals surface area contributed by atoms with Gasteiger partial charge in [-0.3, -0.25) is 0 Å². The van der Waals surface area contributed by atoms with Gasteiger partial charge in [0.15, 0.2) is 0 Å². The van der Waals surface area contributed by atoms with Gasteiger partial charge < -0.3 is 15.8 Å². The SMILES string of the molecule is CC(C)Cc1[nH]c(C(=O)O)cc1N. The van der Waals surface area contributed by atoms with Crippen molar-refractivity contribution in [1.82, 2.24) is 4.98 Å². The van der Waals surface area contributed by atoms with Crippen LogP contribution in [0, 0.1) is 5.92 Å². The molecular weight excluding hydrogens is 168 g/mol. The van der Waals surface area contributed by atoms with E-state index in [1.807, 2.05) is 0 Å². The summed E-state index contributed by atoms with van der Waals surface area (Å²) in [5.41, 5.74) is 7.14. The zero-order valence-electron chi connectivity index (χ0n) is 7.79. The minimum absolute atomic E-state index is 0.160. The molecule has 13 heavy (non-hydrogen) atoms. The van der Waals surface area contributed by atoms with Gasteiger partial charge in [0, 0.05) is 5.69 Å². The van der Waals surface area contributed by atoms with Gasteiger partial charge in [-0.25, -0.2) is 4.79 Å². The molecule has 0 aliphatic carbocycles. The molecule has 72 valence electrons. The van der Waals surface area contributed by atoms with Crippen molar-refractivity contribution in [3.8, 4) is 0 Å². The van der Waals surface area contributed by atoms with Crippen LogP contribution in [0.3, 0.4) is 0 Å². The summed E-state index contributed by atoms with van der Waals surface area (Å²) in [5, 5.41) is 8.67. The number of nitrogens with two attached hydrogens (primary N) is 1. The molecule has 4 heteroatoms. The Morgan fingerprint density at radius 3 is 2.69 bits per heavy atom. The molecule has 1 aromatic heterocycles. The second-order valence-electron chi connectivity index (χ2n) is 3.52. The molecule has 0 saturated carbocycles. The number of aromatic carboxylic acids is 1. The summed E-state index contributed by atoms with van der Waals surface area (Å²) < 4.78 is 0. The Kier molecular flexibility index (Phi) is 2.60. The molecule has 1 rings (SSSR count). The molecule has 0 saturated heterocycles. The number of aromatic amines is 1. The van der Waals surface area contributed by atoms with E-state index in [0.29, 0.717) is 11.6 Å². The monoisotopic (exact) mass is 182 g/mol. The predicted octanol–water partition coefficient (Wildman–Crippen LogP) is 1.49. The summed E-state index contributed by atoms with van der Waals surface area (Å²) in [6.07, 6.45) is 0.777. The molecule has 0 bridgehead atoms. The molecule has 0 aliphatic rings. The van der Waals surface area contributed by atoms with Crippen molar-refractivity contribution < 1.29 is 9.90 Å². The van der Waals surface area contributed by atoms with E-state index in [1.54, 1.807) is 0 Å². The number of anilines is 1. The number of carboxylic acids is 1. The lowest BCUT2D eigenvalue weighted by atomic mass is 10.1. The lowest BCUT2D eigenvalue weighted by molar-refractivity contribution is 0.0691. The summed E-state index contributed by atoms with van der Waals surface area (Å²) in [6, 6.07) is 1.46. The first kappa shape index (κ1) is 9.64. The van der Waals surface area contributed by atoms with Crippen molar-refractivity contribution in [1.29, 1.82) is 0 Å². The van der Waals surface area contributed by atoms with Gasteiger partial charge in [-0.1, -0.05) is 13.8 Å². The van der Waals surface area contributed by atoms with E-state index >= 15 is 0 Å². The maximum absolute atomic E-state index is 10.6. The van der Waals surface area contributed by atoms with E-state index in [1.165, 1.54) is 6.07 Å². The van der Waals surface area contributed by atoms with Gasteiger partial charge in [0.1, 0.15) is 5.69 Å². The van der Waals surface area contributed by atoms with Crippen molar-refractivity contribution in [2.24, 2.45) is 5.92 Å². The number of hydrogen-bond acceptors (Lipinski definition) is 2. The van der Waals surface area contributed by atoms with Crippen LogP contribution in [0.2, 0.25) is 0 Å². The van der Waals surface area contributed by atoms with Crippen LogP contribution in [0.4, 0.5) is 5.69 Å². The standard InChI is InChI=1S/C9H14N2O2/c1-5(2)3-7-6(10)4-8(11-7)9(12)13/h4-5,11H,3,10H2,1-2H3,(H,12,13). The van der Waals surface area contributed by atoms with Crippen molar-refractivity contribution in [3.63, 3.8) is 0 Å². The molecule has 0 radical (unpaired) electrons. The second kappa shape index (κ2) is 3.51. The van der Waals surface area contributed by atoms with Crippen molar-refractivity contribution in [3.05, 3.63) is 17.5 Å². The zero-order chi connectivity index (χ0) is 10.0. The number of H-pyrrole nitrogens is 1. The number of nitrogen functional groups attached to an aromatic ring is 1. The highest BCUT2D eigenvalue weighted by Crippen LogP contribution is 2.16. The van der Waals surface area contributed by atoms with E-state index in [-0.39, 0.29) is 5.69 Å². The largest absolute Gasteiger partial charge is 0.477 e. The van der Waals surface area contributed by atoms with Crippen molar-refractivity contribution in [2.45, 2.75) is 20.3 Å². The Morgan fingerprint density at radius 1 is 1.69 bits per heavy atom. The first-order valence-electron chi connectivity index (χ1n) is 4.21. The average molecular weight is 182 g/mol. The third kappa shape index (κ3) is 2.24. The lowest BCUT2D eigenvalue weighted by Gasteiger charge is -2.02. The van der Waals surface area contributed by atoms with Crippen LogP contribution < -0.4 is 5.73 Å². The summed E-state index contributed by atoms with van der Waals surface area (Å²) in [5.74, 6) is -0.510. The van der Waals surface area contributed by atoms with Crippen LogP contribution in [-0.2, 0) is 6.42 Å². The highest BCUT2D eigenvalue weighted by molar-refractivity contribution is 5.87. The molecule has 4 N–H and O–H groups in total. The Labute approximate surface area is 76.8 Å². The number of aromatic nitrogens is 1. The van der Waals surface area contributed by atoms with Crippen LogP contribution in [0.1, 0.15) is 30.0 Å².